The summed E-state index contributed by atoms with van der Waals surface area (Å²) in [7, 11) is 1.63. The summed E-state index contributed by atoms with van der Waals surface area (Å²) in [5, 5.41) is 4.54. The lowest BCUT2D eigenvalue weighted by Crippen LogP contribution is -2.24. The van der Waals surface area contributed by atoms with Gasteiger partial charge in [-0.3, -0.25) is 4.79 Å². The Labute approximate surface area is 180 Å². The van der Waals surface area contributed by atoms with Gasteiger partial charge in [0.2, 0.25) is 0 Å². The molecule has 1 amide bonds. The summed E-state index contributed by atoms with van der Waals surface area (Å²) in [6.45, 7) is 2.36. The van der Waals surface area contributed by atoms with Crippen LogP contribution in [0.25, 0.3) is 22.2 Å². The molecule has 0 radical (unpaired) electrons. The number of benzene rings is 3. The molecule has 1 aromatic heterocycles. The molecule has 5 heteroatoms. The predicted octanol–water partition coefficient (Wildman–Crippen LogP) is 5.80. The van der Waals surface area contributed by atoms with E-state index in [0.717, 1.165) is 39.0 Å². The zero-order chi connectivity index (χ0) is 21.1. The molecule has 0 atom stereocenters. The Hall–Kier alpha value is -3.37. The number of nitrogens with zero attached hydrogens (tertiary/aromatic N) is 1. The van der Waals surface area contributed by atoms with E-state index >= 15 is 0 Å². The fourth-order valence-corrected chi connectivity index (χ4v) is 3.63. The summed E-state index contributed by atoms with van der Waals surface area (Å²) in [5.41, 5.74) is 4.95. The number of para-hydroxylation sites is 1. The number of nitrogens with one attached hydrogen (secondary N) is 1. The van der Waals surface area contributed by atoms with Gasteiger partial charge >= 0.3 is 0 Å². The van der Waals surface area contributed by atoms with Crippen molar-refractivity contribution in [3.8, 4) is 17.0 Å². The Morgan fingerprint density at radius 2 is 1.70 bits per heavy atom. The summed E-state index contributed by atoms with van der Waals surface area (Å²) < 4.78 is 5.19. The van der Waals surface area contributed by atoms with Crippen molar-refractivity contribution < 1.29 is 9.53 Å². The van der Waals surface area contributed by atoms with Gasteiger partial charge in [-0.2, -0.15) is 0 Å². The molecule has 150 valence electrons. The summed E-state index contributed by atoms with van der Waals surface area (Å²) in [6, 6.07) is 22.9. The first-order valence-corrected chi connectivity index (χ1v) is 10.0. The van der Waals surface area contributed by atoms with E-state index in [-0.39, 0.29) is 5.91 Å². The number of hydrogen-bond donors (Lipinski definition) is 1. The molecule has 4 rings (SSSR count). The van der Waals surface area contributed by atoms with E-state index in [1.165, 1.54) is 0 Å². The lowest BCUT2D eigenvalue weighted by Gasteiger charge is -2.15. The van der Waals surface area contributed by atoms with E-state index in [4.69, 9.17) is 21.3 Å². The molecule has 1 N–H and O–H groups in total. The van der Waals surface area contributed by atoms with E-state index in [1.54, 1.807) is 7.11 Å². The minimum atomic E-state index is -0.128. The van der Waals surface area contributed by atoms with Gasteiger partial charge in [-0.1, -0.05) is 54.1 Å². The highest BCUT2D eigenvalue weighted by Crippen LogP contribution is 2.30. The molecular weight excluding hydrogens is 396 g/mol. The van der Waals surface area contributed by atoms with Crippen molar-refractivity contribution >= 4 is 28.4 Å². The third kappa shape index (κ3) is 4.00. The molecule has 0 fully saturated rings. The Morgan fingerprint density at radius 1 is 1.00 bits per heavy atom. The van der Waals surface area contributed by atoms with Crippen molar-refractivity contribution in [1.29, 1.82) is 0 Å². The summed E-state index contributed by atoms with van der Waals surface area (Å²) in [4.78, 5) is 18.0. The van der Waals surface area contributed by atoms with Gasteiger partial charge in [0, 0.05) is 22.5 Å². The molecule has 0 aliphatic heterocycles. The van der Waals surface area contributed by atoms with Crippen molar-refractivity contribution in [3.05, 3.63) is 94.5 Å². The highest BCUT2D eigenvalue weighted by Gasteiger charge is 2.18. The van der Waals surface area contributed by atoms with Gasteiger partial charge in [0.1, 0.15) is 5.75 Å². The zero-order valence-corrected chi connectivity index (χ0v) is 17.5. The number of hydrogen-bond acceptors (Lipinski definition) is 3. The highest BCUT2D eigenvalue weighted by atomic mass is 35.5. The van der Waals surface area contributed by atoms with Crippen LogP contribution in [0.15, 0.2) is 72.8 Å². The van der Waals surface area contributed by atoms with Gasteiger partial charge in [-0.15, -0.1) is 0 Å². The normalized spacial score (nSPS) is 10.8. The average Bonchev–Trinajstić information content (AvgIpc) is 2.78. The molecule has 0 spiro atoms. The van der Waals surface area contributed by atoms with Gasteiger partial charge in [-0.25, -0.2) is 4.98 Å². The summed E-state index contributed by atoms with van der Waals surface area (Å²) >= 11 is 6.04. The number of amides is 1. The van der Waals surface area contributed by atoms with E-state index in [2.05, 4.69) is 5.32 Å². The van der Waals surface area contributed by atoms with Crippen LogP contribution in [-0.4, -0.2) is 18.0 Å². The van der Waals surface area contributed by atoms with Crippen LogP contribution in [0.4, 0.5) is 0 Å². The van der Waals surface area contributed by atoms with Gasteiger partial charge < -0.3 is 10.1 Å². The van der Waals surface area contributed by atoms with Gasteiger partial charge in [0.05, 0.1) is 23.9 Å². The number of methoxy groups -OCH3 is 1. The number of carbonyl (C=O) groups is 1. The number of pyridine rings is 1. The molecule has 4 aromatic rings. The first kappa shape index (κ1) is 19.9. The number of carbonyl (C=O) groups excluding carboxylic acids is 1. The van der Waals surface area contributed by atoms with Gasteiger partial charge in [0.15, 0.2) is 0 Å². The number of rotatable bonds is 5. The molecule has 3 aromatic carbocycles. The Kier molecular flexibility index (Phi) is 5.68. The minimum absolute atomic E-state index is 0.128. The fraction of sp³-hybridized carbons (Fsp3) is 0.120. The van der Waals surface area contributed by atoms with Crippen LogP contribution in [0, 0.1) is 6.92 Å². The molecule has 0 bridgehead atoms. The molecule has 0 aliphatic carbocycles. The number of aromatic nitrogens is 1. The Bertz CT molecular complexity index is 1200. The maximum Gasteiger partial charge on any atom is 0.252 e. The predicted molar refractivity (Wildman–Crippen MR) is 121 cm³/mol. The third-order valence-corrected chi connectivity index (χ3v) is 5.34. The molecule has 0 aliphatic rings. The van der Waals surface area contributed by atoms with E-state index < -0.39 is 0 Å². The van der Waals surface area contributed by atoms with Crippen molar-refractivity contribution in [3.63, 3.8) is 0 Å². The standard InChI is InChI=1S/C25H21ClN2O2/c1-16-23(25(29)27-15-17-7-13-20(30-2)14-8-17)21-5-3-4-6-22(21)28-24(16)18-9-11-19(26)12-10-18/h3-14H,15H2,1-2H3,(H,27,29). The quantitative estimate of drug-likeness (QED) is 0.447. The van der Waals surface area contributed by atoms with Crippen LogP contribution in [0.2, 0.25) is 5.02 Å². The van der Waals surface area contributed by atoms with Crippen molar-refractivity contribution in [2.75, 3.05) is 7.11 Å². The number of halogens is 1. The molecular formula is C25H21ClN2O2. The lowest BCUT2D eigenvalue weighted by atomic mass is 9.97. The lowest BCUT2D eigenvalue weighted by molar-refractivity contribution is 0.0952. The molecule has 0 saturated carbocycles. The smallest absolute Gasteiger partial charge is 0.252 e. The molecule has 30 heavy (non-hydrogen) atoms. The Morgan fingerprint density at radius 3 is 2.40 bits per heavy atom. The SMILES string of the molecule is COc1ccc(CNC(=O)c2c(C)c(-c3ccc(Cl)cc3)nc3ccccc23)cc1. The molecule has 0 unspecified atom stereocenters. The fourth-order valence-electron chi connectivity index (χ4n) is 3.50. The van der Waals surface area contributed by atoms with E-state index in [9.17, 15) is 4.79 Å². The van der Waals surface area contributed by atoms with Crippen molar-refractivity contribution in [2.24, 2.45) is 0 Å². The number of ether oxygens (including phenoxy) is 1. The van der Waals surface area contributed by atoms with Crippen LogP contribution in [0.1, 0.15) is 21.5 Å². The Balaban J connectivity index is 1.71. The van der Waals surface area contributed by atoms with Gasteiger partial charge in [-0.05, 0) is 48.4 Å². The first-order valence-electron chi connectivity index (χ1n) is 9.63. The molecule has 4 nitrogen and oxygen atoms in total. The average molecular weight is 417 g/mol. The largest absolute Gasteiger partial charge is 0.497 e. The second-order valence-corrected chi connectivity index (χ2v) is 7.45. The number of fused-ring (bicyclic) bond motifs is 1. The highest BCUT2D eigenvalue weighted by molar-refractivity contribution is 6.30. The summed E-state index contributed by atoms with van der Waals surface area (Å²) in [6.07, 6.45) is 0. The first-order chi connectivity index (χ1) is 14.6. The zero-order valence-electron chi connectivity index (χ0n) is 16.8. The topological polar surface area (TPSA) is 51.2 Å². The van der Waals surface area contributed by atoms with Crippen LogP contribution >= 0.6 is 11.6 Å². The van der Waals surface area contributed by atoms with Crippen LogP contribution < -0.4 is 10.1 Å². The second kappa shape index (κ2) is 8.56. The van der Waals surface area contributed by atoms with Crippen LogP contribution in [-0.2, 0) is 6.54 Å². The maximum absolute atomic E-state index is 13.2. The minimum Gasteiger partial charge on any atom is -0.497 e. The second-order valence-electron chi connectivity index (χ2n) is 7.02. The summed E-state index contributed by atoms with van der Waals surface area (Å²) in [5.74, 6) is 0.658. The molecule has 0 saturated heterocycles. The monoisotopic (exact) mass is 416 g/mol. The van der Waals surface area contributed by atoms with Crippen LogP contribution in [0.5, 0.6) is 5.75 Å². The maximum atomic E-state index is 13.2. The van der Waals surface area contributed by atoms with Crippen molar-refractivity contribution in [2.45, 2.75) is 13.5 Å². The third-order valence-electron chi connectivity index (χ3n) is 5.09. The van der Waals surface area contributed by atoms with Crippen LogP contribution in [0.3, 0.4) is 0 Å². The molecule has 1 heterocycles. The van der Waals surface area contributed by atoms with Crippen molar-refractivity contribution in [1.82, 2.24) is 10.3 Å². The van der Waals surface area contributed by atoms with E-state index in [0.29, 0.717) is 17.1 Å². The van der Waals surface area contributed by atoms with E-state index in [1.807, 2.05) is 79.7 Å². The van der Waals surface area contributed by atoms with Gasteiger partial charge in [0.25, 0.3) is 5.91 Å².